The van der Waals surface area contributed by atoms with E-state index in [4.69, 9.17) is 4.42 Å². The summed E-state index contributed by atoms with van der Waals surface area (Å²) < 4.78 is 5.50. The minimum Gasteiger partial charge on any atom is -0.507 e. The van der Waals surface area contributed by atoms with Gasteiger partial charge in [0.1, 0.15) is 28.1 Å². The second-order valence-corrected chi connectivity index (χ2v) is 5.85. The van der Waals surface area contributed by atoms with Crippen molar-refractivity contribution in [3.63, 3.8) is 0 Å². The van der Waals surface area contributed by atoms with Gasteiger partial charge in [-0.3, -0.25) is 4.79 Å². The monoisotopic (exact) mass is 328 g/mol. The van der Waals surface area contributed by atoms with Gasteiger partial charge in [0.15, 0.2) is 11.5 Å². The van der Waals surface area contributed by atoms with Crippen LogP contribution in [0.3, 0.4) is 0 Å². The zero-order valence-corrected chi connectivity index (χ0v) is 13.1. The third-order valence-corrected chi connectivity index (χ3v) is 3.83. The Balaban J connectivity index is 2.40. The molecule has 0 aliphatic heterocycles. The van der Waals surface area contributed by atoms with Gasteiger partial charge in [0.05, 0.1) is 5.39 Å². The molecule has 0 radical (unpaired) electrons. The molecule has 0 unspecified atom stereocenters. The maximum Gasteiger partial charge on any atom is 0.204 e. The maximum absolute atomic E-state index is 12.7. The van der Waals surface area contributed by atoms with Gasteiger partial charge < -0.3 is 24.8 Å². The first kappa shape index (κ1) is 15.7. The number of phenolic OH excluding ortho intramolecular Hbond substituents is 4. The minimum absolute atomic E-state index is 0.00598. The van der Waals surface area contributed by atoms with Crippen LogP contribution < -0.4 is 5.43 Å². The van der Waals surface area contributed by atoms with Crippen molar-refractivity contribution in [2.45, 2.75) is 20.3 Å². The molecule has 0 aliphatic rings. The first-order valence-electron chi connectivity index (χ1n) is 7.29. The molecule has 0 aliphatic carbocycles. The lowest BCUT2D eigenvalue weighted by molar-refractivity contribution is 0.404. The molecular formula is C18H16O6. The van der Waals surface area contributed by atoms with Gasteiger partial charge in [-0.25, -0.2) is 0 Å². The van der Waals surface area contributed by atoms with Crippen molar-refractivity contribution in [1.29, 1.82) is 0 Å². The lowest BCUT2D eigenvalue weighted by Gasteiger charge is -2.10. The molecule has 1 aromatic heterocycles. The summed E-state index contributed by atoms with van der Waals surface area (Å²) >= 11 is 0. The summed E-state index contributed by atoms with van der Waals surface area (Å²) in [5, 5.41) is 39.6. The van der Waals surface area contributed by atoms with Crippen LogP contribution in [0.5, 0.6) is 23.0 Å². The first-order chi connectivity index (χ1) is 11.3. The molecule has 0 saturated carbocycles. The van der Waals surface area contributed by atoms with Gasteiger partial charge in [0.2, 0.25) is 5.43 Å². The van der Waals surface area contributed by atoms with E-state index in [1.54, 1.807) is 0 Å². The summed E-state index contributed by atoms with van der Waals surface area (Å²) in [5.41, 5.74) is 0.697. The molecule has 3 aromatic rings. The molecule has 0 amide bonds. The Kier molecular flexibility index (Phi) is 3.60. The van der Waals surface area contributed by atoms with E-state index in [-0.39, 0.29) is 45.4 Å². The highest BCUT2D eigenvalue weighted by atomic mass is 16.3. The Morgan fingerprint density at radius 2 is 1.62 bits per heavy atom. The quantitative estimate of drug-likeness (QED) is 0.326. The highest BCUT2D eigenvalue weighted by Gasteiger charge is 2.19. The number of benzene rings is 2. The van der Waals surface area contributed by atoms with Crippen molar-refractivity contribution < 1.29 is 24.8 Å². The predicted molar refractivity (Wildman–Crippen MR) is 89.8 cm³/mol. The molecule has 124 valence electrons. The van der Waals surface area contributed by atoms with E-state index >= 15 is 0 Å². The van der Waals surface area contributed by atoms with E-state index in [0.717, 1.165) is 17.7 Å². The second kappa shape index (κ2) is 5.49. The van der Waals surface area contributed by atoms with Gasteiger partial charge >= 0.3 is 0 Å². The molecule has 0 atom stereocenters. The molecule has 0 fully saturated rings. The minimum atomic E-state index is -0.558. The zero-order chi connectivity index (χ0) is 17.6. The molecule has 4 N–H and O–H groups in total. The van der Waals surface area contributed by atoms with Gasteiger partial charge in [0, 0.05) is 17.7 Å². The normalized spacial score (nSPS) is 11.1. The maximum atomic E-state index is 12.7. The van der Waals surface area contributed by atoms with Crippen molar-refractivity contribution in [2.24, 2.45) is 0 Å². The molecule has 0 spiro atoms. The van der Waals surface area contributed by atoms with E-state index in [0.29, 0.717) is 0 Å². The average molecular weight is 328 g/mol. The largest absolute Gasteiger partial charge is 0.507 e. The molecular weight excluding hydrogens is 312 g/mol. The SMILES string of the molecule is CC(C)=CCc1c(O)cc2oc3cc(O)c(O)cc3c(=O)c2c1O. The highest BCUT2D eigenvalue weighted by molar-refractivity contribution is 5.95. The van der Waals surface area contributed by atoms with E-state index in [1.165, 1.54) is 6.07 Å². The summed E-state index contributed by atoms with van der Waals surface area (Å²) in [6.07, 6.45) is 2.07. The summed E-state index contributed by atoms with van der Waals surface area (Å²) in [6.45, 7) is 3.76. The molecule has 6 heteroatoms. The van der Waals surface area contributed by atoms with E-state index in [2.05, 4.69) is 0 Å². The lowest BCUT2D eigenvalue weighted by Crippen LogP contribution is -2.04. The summed E-state index contributed by atoms with van der Waals surface area (Å²) in [7, 11) is 0. The van der Waals surface area contributed by atoms with Gasteiger partial charge in [-0.1, -0.05) is 11.6 Å². The van der Waals surface area contributed by atoms with Crippen LogP contribution in [0.15, 0.2) is 39.1 Å². The van der Waals surface area contributed by atoms with Crippen molar-refractivity contribution in [2.75, 3.05) is 0 Å². The number of rotatable bonds is 2. The van der Waals surface area contributed by atoms with Crippen LogP contribution in [0.1, 0.15) is 19.4 Å². The first-order valence-corrected chi connectivity index (χ1v) is 7.29. The smallest absolute Gasteiger partial charge is 0.204 e. The van der Waals surface area contributed by atoms with Crippen LogP contribution in [-0.4, -0.2) is 20.4 Å². The van der Waals surface area contributed by atoms with Crippen LogP contribution in [0.25, 0.3) is 21.9 Å². The Labute approximate surface area is 136 Å². The van der Waals surface area contributed by atoms with Crippen molar-refractivity contribution >= 4 is 21.9 Å². The predicted octanol–water partition coefficient (Wildman–Crippen LogP) is 3.28. The van der Waals surface area contributed by atoms with Crippen LogP contribution in [0, 0.1) is 0 Å². The second-order valence-electron chi connectivity index (χ2n) is 5.85. The molecule has 2 aromatic carbocycles. The molecule has 6 nitrogen and oxygen atoms in total. The standard InChI is InChI=1S/C18H16O6/c1-8(2)3-4-9-11(19)6-15-16(17(9)22)18(23)10-5-12(20)13(21)7-14(10)24-15/h3,5-7,19-22H,4H2,1-2H3. The third-order valence-electron chi connectivity index (χ3n) is 3.83. The average Bonchev–Trinajstić information content (AvgIpc) is 2.48. The summed E-state index contributed by atoms with van der Waals surface area (Å²) in [6, 6.07) is 3.45. The van der Waals surface area contributed by atoms with Crippen LogP contribution >= 0.6 is 0 Å². The fourth-order valence-corrected chi connectivity index (χ4v) is 2.55. The molecule has 0 saturated heterocycles. The van der Waals surface area contributed by atoms with Gasteiger partial charge in [-0.2, -0.15) is 0 Å². The molecule has 3 rings (SSSR count). The van der Waals surface area contributed by atoms with Crippen molar-refractivity contribution in [3.8, 4) is 23.0 Å². The number of aromatic hydroxyl groups is 4. The summed E-state index contributed by atoms with van der Waals surface area (Å²) in [5.74, 6) is -1.44. The van der Waals surface area contributed by atoms with Crippen molar-refractivity contribution in [3.05, 3.63) is 45.6 Å². The van der Waals surface area contributed by atoms with Crippen LogP contribution in [0.2, 0.25) is 0 Å². The van der Waals surface area contributed by atoms with Crippen molar-refractivity contribution in [1.82, 2.24) is 0 Å². The fraction of sp³-hybridized carbons (Fsp3) is 0.167. The number of hydrogen-bond acceptors (Lipinski definition) is 6. The third kappa shape index (κ3) is 2.42. The molecule has 24 heavy (non-hydrogen) atoms. The lowest BCUT2D eigenvalue weighted by atomic mass is 10.0. The topological polar surface area (TPSA) is 111 Å². The van der Waals surface area contributed by atoms with Gasteiger partial charge in [-0.15, -0.1) is 0 Å². The highest BCUT2D eigenvalue weighted by Crippen LogP contribution is 2.37. The Hall–Kier alpha value is -3.15. The Morgan fingerprint density at radius 1 is 1.00 bits per heavy atom. The Morgan fingerprint density at radius 3 is 2.29 bits per heavy atom. The molecule has 1 heterocycles. The number of fused-ring (bicyclic) bond motifs is 2. The number of hydrogen-bond donors (Lipinski definition) is 4. The Bertz CT molecular complexity index is 1050. The van der Waals surface area contributed by atoms with E-state index < -0.39 is 16.9 Å². The van der Waals surface area contributed by atoms with Gasteiger partial charge in [-0.05, 0) is 26.3 Å². The number of allylic oxidation sites excluding steroid dienone is 2. The number of phenols is 4. The summed E-state index contributed by atoms with van der Waals surface area (Å²) in [4.78, 5) is 12.7. The fourth-order valence-electron chi connectivity index (χ4n) is 2.55. The van der Waals surface area contributed by atoms with Crippen LogP contribution in [-0.2, 0) is 6.42 Å². The van der Waals surface area contributed by atoms with E-state index in [1.807, 2.05) is 19.9 Å². The van der Waals surface area contributed by atoms with Gasteiger partial charge in [0.25, 0.3) is 0 Å². The van der Waals surface area contributed by atoms with E-state index in [9.17, 15) is 25.2 Å². The molecule has 0 bridgehead atoms. The zero-order valence-electron chi connectivity index (χ0n) is 13.1. The van der Waals surface area contributed by atoms with Crippen LogP contribution in [0.4, 0.5) is 0 Å².